The lowest BCUT2D eigenvalue weighted by molar-refractivity contribution is -0.117. The lowest BCUT2D eigenvalue weighted by atomic mass is 10.2. The number of nitrogens with zero attached hydrogens (tertiary/aromatic N) is 6. The predicted molar refractivity (Wildman–Crippen MR) is 112 cm³/mol. The fraction of sp³-hybridized carbons (Fsp3) is 0.381. The molecule has 3 aromatic rings. The molecule has 0 aliphatic heterocycles. The van der Waals surface area contributed by atoms with E-state index in [4.69, 9.17) is 0 Å². The number of nitrogens with one attached hydrogen (secondary N) is 1. The van der Waals surface area contributed by atoms with Crippen molar-refractivity contribution in [3.63, 3.8) is 0 Å². The van der Waals surface area contributed by atoms with E-state index in [9.17, 15) is 9.59 Å². The summed E-state index contributed by atoms with van der Waals surface area (Å²) in [7, 11) is 3.40. The minimum absolute atomic E-state index is 0.0903. The minimum Gasteiger partial charge on any atom is -0.345 e. The van der Waals surface area contributed by atoms with Gasteiger partial charge in [-0.05, 0) is 25.0 Å². The predicted octanol–water partition coefficient (Wildman–Crippen LogP) is 2.60. The van der Waals surface area contributed by atoms with E-state index in [2.05, 4.69) is 20.5 Å². The van der Waals surface area contributed by atoms with Gasteiger partial charge in [0, 0.05) is 38.1 Å². The molecule has 1 aliphatic rings. The molecular weight excluding hydrogens is 382 g/mol. The average Bonchev–Trinajstić information content (AvgIpc) is 3.49. The van der Waals surface area contributed by atoms with Crippen LogP contribution in [0.1, 0.15) is 42.1 Å². The average molecular weight is 407 g/mol. The van der Waals surface area contributed by atoms with E-state index in [0.29, 0.717) is 17.3 Å². The van der Waals surface area contributed by atoms with Gasteiger partial charge in [-0.15, -0.1) is 0 Å². The van der Waals surface area contributed by atoms with E-state index in [-0.39, 0.29) is 18.4 Å². The van der Waals surface area contributed by atoms with Crippen molar-refractivity contribution in [3.8, 4) is 11.3 Å². The number of pyridine rings is 1. The monoisotopic (exact) mass is 407 g/mol. The number of amides is 2. The number of carbonyl (C=O) groups excluding carboxylic acids is 2. The van der Waals surface area contributed by atoms with Crippen molar-refractivity contribution in [3.05, 3.63) is 48.5 Å². The standard InChI is InChI=1S/C21H25N7O2/c1-26(2)21(30)15-7-8-18(22-11-15)16-12-24-27(13-16)14-20(29)25-19-9-10-23-28(19)17-5-3-4-6-17/h7-13,17H,3-6,14H2,1-2H3,(H,25,29). The van der Waals surface area contributed by atoms with Gasteiger partial charge in [0.15, 0.2) is 0 Å². The van der Waals surface area contributed by atoms with Gasteiger partial charge in [0.2, 0.25) is 5.91 Å². The van der Waals surface area contributed by atoms with Gasteiger partial charge < -0.3 is 10.2 Å². The zero-order valence-electron chi connectivity index (χ0n) is 17.2. The molecule has 3 aromatic heterocycles. The summed E-state index contributed by atoms with van der Waals surface area (Å²) in [5.74, 6) is 0.463. The van der Waals surface area contributed by atoms with E-state index in [1.165, 1.54) is 17.7 Å². The van der Waals surface area contributed by atoms with Crippen LogP contribution in [0.4, 0.5) is 5.82 Å². The van der Waals surface area contributed by atoms with Crippen LogP contribution in [-0.4, -0.2) is 55.4 Å². The molecule has 9 nitrogen and oxygen atoms in total. The van der Waals surface area contributed by atoms with Gasteiger partial charge in [0.25, 0.3) is 5.91 Å². The van der Waals surface area contributed by atoms with Crippen molar-refractivity contribution in [1.29, 1.82) is 0 Å². The van der Waals surface area contributed by atoms with E-state index < -0.39 is 0 Å². The zero-order chi connectivity index (χ0) is 21.1. The first kappa shape index (κ1) is 19.8. The maximum absolute atomic E-state index is 12.5. The van der Waals surface area contributed by atoms with Gasteiger partial charge in [-0.2, -0.15) is 10.2 Å². The molecule has 1 N–H and O–H groups in total. The summed E-state index contributed by atoms with van der Waals surface area (Å²) >= 11 is 0. The summed E-state index contributed by atoms with van der Waals surface area (Å²) in [5.41, 5.74) is 1.99. The number of hydrogen-bond donors (Lipinski definition) is 1. The Balaban J connectivity index is 1.39. The molecule has 0 saturated heterocycles. The summed E-state index contributed by atoms with van der Waals surface area (Å²) in [6, 6.07) is 5.70. The second-order valence-electron chi connectivity index (χ2n) is 7.71. The quantitative estimate of drug-likeness (QED) is 0.677. The lowest BCUT2D eigenvalue weighted by Gasteiger charge is -2.14. The molecule has 0 radical (unpaired) electrons. The number of rotatable bonds is 6. The summed E-state index contributed by atoms with van der Waals surface area (Å²) in [5, 5.41) is 11.6. The minimum atomic E-state index is -0.163. The molecule has 1 aliphatic carbocycles. The number of carbonyl (C=O) groups is 2. The van der Waals surface area contributed by atoms with Crippen LogP contribution in [-0.2, 0) is 11.3 Å². The molecule has 1 fully saturated rings. The number of hydrogen-bond acceptors (Lipinski definition) is 5. The fourth-order valence-corrected chi connectivity index (χ4v) is 3.71. The van der Waals surface area contributed by atoms with Crippen molar-refractivity contribution in [2.24, 2.45) is 0 Å². The van der Waals surface area contributed by atoms with E-state index in [0.717, 1.165) is 24.2 Å². The van der Waals surface area contributed by atoms with E-state index in [1.807, 2.05) is 10.7 Å². The highest BCUT2D eigenvalue weighted by Crippen LogP contribution is 2.31. The second kappa shape index (κ2) is 8.48. The number of aromatic nitrogens is 5. The van der Waals surface area contributed by atoms with Crippen LogP contribution in [0.25, 0.3) is 11.3 Å². The Morgan fingerprint density at radius 2 is 1.93 bits per heavy atom. The van der Waals surface area contributed by atoms with Crippen LogP contribution in [0.2, 0.25) is 0 Å². The Morgan fingerprint density at radius 1 is 1.13 bits per heavy atom. The van der Waals surface area contributed by atoms with Gasteiger partial charge in [0.1, 0.15) is 12.4 Å². The van der Waals surface area contributed by atoms with Crippen LogP contribution < -0.4 is 5.32 Å². The molecule has 0 atom stereocenters. The van der Waals surface area contributed by atoms with Gasteiger partial charge in [-0.1, -0.05) is 12.8 Å². The highest BCUT2D eigenvalue weighted by molar-refractivity contribution is 5.93. The summed E-state index contributed by atoms with van der Waals surface area (Å²) in [6.07, 6.45) is 11.3. The molecular formula is C21H25N7O2. The van der Waals surface area contributed by atoms with Gasteiger partial charge >= 0.3 is 0 Å². The van der Waals surface area contributed by atoms with Gasteiger partial charge in [-0.3, -0.25) is 19.3 Å². The van der Waals surface area contributed by atoms with Crippen molar-refractivity contribution < 1.29 is 9.59 Å². The maximum atomic E-state index is 12.5. The van der Waals surface area contributed by atoms with E-state index >= 15 is 0 Å². The molecule has 0 aromatic carbocycles. The topological polar surface area (TPSA) is 97.9 Å². The third kappa shape index (κ3) is 4.24. The third-order valence-corrected chi connectivity index (χ3v) is 5.26. The largest absolute Gasteiger partial charge is 0.345 e. The maximum Gasteiger partial charge on any atom is 0.254 e. The SMILES string of the molecule is CN(C)C(=O)c1ccc(-c2cnn(CC(=O)Nc3ccnn3C3CCCC3)c2)nc1. The van der Waals surface area contributed by atoms with Crippen LogP contribution in [0.3, 0.4) is 0 Å². The fourth-order valence-electron chi connectivity index (χ4n) is 3.71. The summed E-state index contributed by atoms with van der Waals surface area (Å²) in [6.45, 7) is 0.0903. The molecule has 0 unspecified atom stereocenters. The Kier molecular flexibility index (Phi) is 5.60. The molecule has 1 saturated carbocycles. The van der Waals surface area contributed by atoms with Crippen molar-refractivity contribution in [2.75, 3.05) is 19.4 Å². The molecule has 4 rings (SSSR count). The first-order chi connectivity index (χ1) is 14.5. The summed E-state index contributed by atoms with van der Waals surface area (Å²) < 4.78 is 3.49. The molecule has 0 bridgehead atoms. The molecule has 30 heavy (non-hydrogen) atoms. The zero-order valence-corrected chi connectivity index (χ0v) is 17.2. The first-order valence-corrected chi connectivity index (χ1v) is 10.0. The van der Waals surface area contributed by atoms with Crippen molar-refractivity contribution in [2.45, 2.75) is 38.3 Å². The molecule has 156 valence electrons. The molecule has 2 amide bonds. The third-order valence-electron chi connectivity index (χ3n) is 5.26. The number of anilines is 1. The van der Waals surface area contributed by atoms with E-state index in [1.54, 1.807) is 55.7 Å². The van der Waals surface area contributed by atoms with Crippen LogP contribution in [0.5, 0.6) is 0 Å². The Labute approximate surface area is 174 Å². The Hall–Kier alpha value is -3.49. The van der Waals surface area contributed by atoms with Crippen LogP contribution in [0, 0.1) is 0 Å². The highest BCUT2D eigenvalue weighted by Gasteiger charge is 2.20. The van der Waals surface area contributed by atoms with Crippen molar-refractivity contribution in [1.82, 2.24) is 29.4 Å². The molecule has 0 spiro atoms. The Morgan fingerprint density at radius 3 is 2.63 bits per heavy atom. The smallest absolute Gasteiger partial charge is 0.254 e. The molecule has 9 heteroatoms. The second-order valence-corrected chi connectivity index (χ2v) is 7.71. The summed E-state index contributed by atoms with van der Waals surface area (Å²) in [4.78, 5) is 30.3. The first-order valence-electron chi connectivity index (χ1n) is 10.0. The van der Waals surface area contributed by atoms with Gasteiger partial charge in [-0.25, -0.2) is 4.68 Å². The normalized spacial score (nSPS) is 14.1. The lowest BCUT2D eigenvalue weighted by Crippen LogP contribution is -2.22. The Bertz CT molecular complexity index is 1030. The highest BCUT2D eigenvalue weighted by atomic mass is 16.2. The molecule has 3 heterocycles. The van der Waals surface area contributed by atoms with Crippen LogP contribution in [0.15, 0.2) is 43.0 Å². The van der Waals surface area contributed by atoms with Gasteiger partial charge in [0.05, 0.1) is 29.7 Å². The van der Waals surface area contributed by atoms with Crippen LogP contribution >= 0.6 is 0 Å². The van der Waals surface area contributed by atoms with Crippen molar-refractivity contribution >= 4 is 17.6 Å².